The minimum Gasteiger partial charge on any atom is -0.481 e. The lowest BCUT2D eigenvalue weighted by Crippen LogP contribution is -2.52. The van der Waals surface area contributed by atoms with Gasteiger partial charge in [-0.2, -0.15) is 0 Å². The summed E-state index contributed by atoms with van der Waals surface area (Å²) in [5, 5.41) is 16.4. The number of carboxylic acids is 1. The summed E-state index contributed by atoms with van der Waals surface area (Å²) in [6.07, 6.45) is 3.10. The molecule has 1 heterocycles. The largest absolute Gasteiger partial charge is 0.481 e. The molecule has 1 amide bonds. The van der Waals surface area contributed by atoms with Crippen molar-refractivity contribution in [2.24, 2.45) is 5.41 Å². The number of nitrogens with zero attached hydrogens (tertiary/aromatic N) is 2. The topological polar surface area (TPSA) is 92.2 Å². The van der Waals surface area contributed by atoms with E-state index in [0.717, 1.165) is 24.4 Å². The predicted molar refractivity (Wildman–Crippen MR) is 79.5 cm³/mol. The Bertz CT molecular complexity index is 543. The molecule has 2 unspecified atom stereocenters. The summed E-state index contributed by atoms with van der Waals surface area (Å²) in [7, 11) is 0. The first kappa shape index (κ1) is 15.9. The van der Waals surface area contributed by atoms with Gasteiger partial charge in [0, 0.05) is 6.04 Å². The van der Waals surface area contributed by atoms with Crippen LogP contribution in [-0.4, -0.2) is 32.6 Å². The molecule has 1 aliphatic carbocycles. The van der Waals surface area contributed by atoms with E-state index in [9.17, 15) is 14.7 Å². The van der Waals surface area contributed by atoms with Crippen LogP contribution in [0.5, 0.6) is 0 Å². The molecule has 0 aliphatic heterocycles. The fourth-order valence-electron chi connectivity index (χ4n) is 2.78. The first-order valence-corrected chi connectivity index (χ1v) is 8.00. The zero-order valence-electron chi connectivity index (χ0n) is 12.5. The molecule has 116 valence electrons. The second-order valence-corrected chi connectivity index (χ2v) is 6.89. The Morgan fingerprint density at radius 1 is 1.43 bits per heavy atom. The minimum absolute atomic E-state index is 0.113. The second kappa shape index (κ2) is 6.09. The van der Waals surface area contributed by atoms with Crippen molar-refractivity contribution in [1.82, 2.24) is 14.9 Å². The van der Waals surface area contributed by atoms with Gasteiger partial charge in [-0.3, -0.25) is 9.59 Å². The number of amides is 1. The van der Waals surface area contributed by atoms with E-state index in [0.29, 0.717) is 23.4 Å². The van der Waals surface area contributed by atoms with Gasteiger partial charge < -0.3 is 10.4 Å². The summed E-state index contributed by atoms with van der Waals surface area (Å²) in [4.78, 5) is 24.5. The Morgan fingerprint density at radius 3 is 2.76 bits per heavy atom. The van der Waals surface area contributed by atoms with Crippen LogP contribution in [-0.2, 0) is 4.79 Å². The van der Waals surface area contributed by atoms with Gasteiger partial charge in [-0.25, -0.2) is 0 Å². The van der Waals surface area contributed by atoms with Crippen molar-refractivity contribution < 1.29 is 14.7 Å². The molecule has 0 spiro atoms. The normalized spacial score (nSPS) is 25.8. The van der Waals surface area contributed by atoms with Crippen molar-refractivity contribution in [2.45, 2.75) is 58.4 Å². The number of carbonyl (C=O) groups excluding carboxylic acids is 1. The highest BCUT2D eigenvalue weighted by Gasteiger charge is 2.44. The molecule has 1 aromatic heterocycles. The molecule has 2 N–H and O–H groups in total. The number of aromatic nitrogens is 2. The lowest BCUT2D eigenvalue weighted by atomic mass is 9.71. The van der Waals surface area contributed by atoms with Crippen LogP contribution in [0, 0.1) is 5.41 Å². The maximum absolute atomic E-state index is 12.4. The third kappa shape index (κ3) is 3.07. The highest BCUT2D eigenvalue weighted by Crippen LogP contribution is 2.36. The second-order valence-electron chi connectivity index (χ2n) is 6.14. The average molecular weight is 311 g/mol. The fourth-order valence-corrected chi connectivity index (χ4v) is 3.50. The van der Waals surface area contributed by atoms with E-state index in [4.69, 9.17) is 0 Å². The van der Waals surface area contributed by atoms with Crippen molar-refractivity contribution in [3.05, 3.63) is 10.6 Å². The number of hydrogen-bond donors (Lipinski definition) is 2. The van der Waals surface area contributed by atoms with Crippen LogP contribution >= 0.6 is 11.5 Å². The number of carbonyl (C=O) groups is 2. The predicted octanol–water partition coefficient (Wildman–Crippen LogP) is 2.42. The van der Waals surface area contributed by atoms with Crippen molar-refractivity contribution in [3.63, 3.8) is 0 Å². The molecular formula is C14H21N3O3S. The first-order valence-electron chi connectivity index (χ1n) is 7.22. The minimum atomic E-state index is -0.899. The van der Waals surface area contributed by atoms with E-state index >= 15 is 0 Å². The molecule has 1 aliphatic rings. The van der Waals surface area contributed by atoms with Crippen molar-refractivity contribution >= 4 is 23.4 Å². The molecule has 2 atom stereocenters. The smallest absolute Gasteiger partial charge is 0.311 e. The summed E-state index contributed by atoms with van der Waals surface area (Å²) in [5.74, 6) is -0.992. The van der Waals surface area contributed by atoms with Gasteiger partial charge in [-0.05, 0) is 37.2 Å². The number of hydrogen-bond acceptors (Lipinski definition) is 5. The molecule has 0 bridgehead atoms. The molecule has 6 nitrogen and oxygen atoms in total. The summed E-state index contributed by atoms with van der Waals surface area (Å²) in [6.45, 7) is 5.62. The average Bonchev–Trinajstić information content (AvgIpc) is 2.90. The standard InChI is InChI=1S/C14H21N3O3S/c1-8(2)10-11(21-17-16-10)12(18)15-9-6-4-5-7-14(9,3)13(19)20/h8-9H,4-7H2,1-3H3,(H,15,18)(H,19,20). The SMILES string of the molecule is CC(C)c1nnsc1C(=O)NC1CCCCC1(C)C(=O)O. The van der Waals surface area contributed by atoms with Crippen LogP contribution in [0.3, 0.4) is 0 Å². The van der Waals surface area contributed by atoms with Crippen LogP contribution in [0.2, 0.25) is 0 Å². The Kier molecular flexibility index (Phi) is 4.61. The van der Waals surface area contributed by atoms with Gasteiger partial charge in [0.15, 0.2) is 0 Å². The van der Waals surface area contributed by atoms with E-state index in [1.165, 1.54) is 0 Å². The molecule has 0 saturated heterocycles. The zero-order valence-corrected chi connectivity index (χ0v) is 13.4. The number of carboxylic acid groups (broad SMARTS) is 1. The third-order valence-electron chi connectivity index (χ3n) is 4.27. The number of nitrogens with one attached hydrogen (secondary N) is 1. The molecule has 1 fully saturated rings. The van der Waals surface area contributed by atoms with Gasteiger partial charge in [0.2, 0.25) is 0 Å². The lowest BCUT2D eigenvalue weighted by molar-refractivity contribution is -0.151. The molecule has 0 radical (unpaired) electrons. The Balaban J connectivity index is 2.18. The van der Waals surface area contributed by atoms with Crippen molar-refractivity contribution in [3.8, 4) is 0 Å². The number of rotatable bonds is 4. The molecule has 21 heavy (non-hydrogen) atoms. The molecule has 2 rings (SSSR count). The van der Waals surface area contributed by atoms with Gasteiger partial charge >= 0.3 is 5.97 Å². The number of aliphatic carboxylic acids is 1. The van der Waals surface area contributed by atoms with Crippen molar-refractivity contribution in [2.75, 3.05) is 0 Å². The Hall–Kier alpha value is -1.50. The fraction of sp³-hybridized carbons (Fsp3) is 0.714. The Morgan fingerprint density at radius 2 is 2.14 bits per heavy atom. The van der Waals surface area contributed by atoms with Gasteiger partial charge in [-0.1, -0.05) is 31.2 Å². The summed E-state index contributed by atoms with van der Waals surface area (Å²) < 4.78 is 3.84. The van der Waals surface area contributed by atoms with Crippen molar-refractivity contribution in [1.29, 1.82) is 0 Å². The third-order valence-corrected chi connectivity index (χ3v) is 5.01. The zero-order chi connectivity index (χ0) is 15.6. The van der Waals surface area contributed by atoms with E-state index in [1.54, 1.807) is 6.92 Å². The highest BCUT2D eigenvalue weighted by atomic mass is 32.1. The Labute approximate surface area is 128 Å². The summed E-state index contributed by atoms with van der Waals surface area (Å²) in [6, 6.07) is -0.349. The molecule has 1 saturated carbocycles. The monoisotopic (exact) mass is 311 g/mol. The highest BCUT2D eigenvalue weighted by molar-refractivity contribution is 7.08. The van der Waals surface area contributed by atoms with E-state index in [-0.39, 0.29) is 17.9 Å². The van der Waals surface area contributed by atoms with E-state index in [2.05, 4.69) is 14.9 Å². The summed E-state index contributed by atoms with van der Waals surface area (Å²) in [5.41, 5.74) is -0.227. The van der Waals surface area contributed by atoms with Gasteiger partial charge in [0.25, 0.3) is 5.91 Å². The molecule has 1 aromatic rings. The van der Waals surface area contributed by atoms with Crippen LogP contribution < -0.4 is 5.32 Å². The van der Waals surface area contributed by atoms with E-state index < -0.39 is 11.4 Å². The van der Waals surface area contributed by atoms with Gasteiger partial charge in [0.05, 0.1) is 11.1 Å². The lowest BCUT2D eigenvalue weighted by Gasteiger charge is -2.38. The van der Waals surface area contributed by atoms with Crippen LogP contribution in [0.25, 0.3) is 0 Å². The van der Waals surface area contributed by atoms with Gasteiger partial charge in [0.1, 0.15) is 4.88 Å². The molecule has 7 heteroatoms. The van der Waals surface area contributed by atoms with Gasteiger partial charge in [-0.15, -0.1) is 5.10 Å². The van der Waals surface area contributed by atoms with Crippen LogP contribution in [0.15, 0.2) is 0 Å². The van der Waals surface area contributed by atoms with Crippen LogP contribution in [0.1, 0.15) is 67.7 Å². The maximum Gasteiger partial charge on any atom is 0.311 e. The van der Waals surface area contributed by atoms with E-state index in [1.807, 2.05) is 13.8 Å². The van der Waals surface area contributed by atoms with Crippen LogP contribution in [0.4, 0.5) is 0 Å². The quantitative estimate of drug-likeness (QED) is 0.891. The molecular weight excluding hydrogens is 290 g/mol. The maximum atomic E-state index is 12.4. The molecule has 0 aromatic carbocycles. The summed E-state index contributed by atoms with van der Waals surface area (Å²) >= 11 is 1.06. The first-order chi connectivity index (χ1) is 9.86.